The molecule has 0 unspecified atom stereocenters. The highest BCUT2D eigenvalue weighted by molar-refractivity contribution is 7.57. The molecule has 0 radical (unpaired) electrons. The Balaban J connectivity index is 1.87. The number of carbonyl (C=O) groups excluding carboxylic acids is 1. The van der Waals surface area contributed by atoms with Crippen molar-refractivity contribution in [3.63, 3.8) is 0 Å². The molecule has 0 saturated heterocycles. The lowest BCUT2D eigenvalue weighted by Crippen LogP contribution is -2.38. The van der Waals surface area contributed by atoms with Crippen molar-refractivity contribution in [3.8, 4) is 0 Å². The van der Waals surface area contributed by atoms with Crippen LogP contribution in [0.1, 0.15) is 29.3 Å². The van der Waals surface area contributed by atoms with Gasteiger partial charge in [-0.1, -0.05) is 91.0 Å². The molecule has 4 aromatic rings. The molecule has 4 rings (SSSR count). The summed E-state index contributed by atoms with van der Waals surface area (Å²) in [4.78, 5) is 17.6. The van der Waals surface area contributed by atoms with Gasteiger partial charge in [-0.05, 0) is 23.6 Å². The summed E-state index contributed by atoms with van der Waals surface area (Å²) >= 11 is 1.32. The standard InChI is InChI=1S/C29H29N2O5PS/c1-4-36-27(32)25(20-37(33,34-2)35-3)26-21-38-28(30-26)31-29(22-14-8-5-9-15-22,23-16-10-6-11-17-23)24-18-12-7-13-19-24/h5-21H,4H2,1-3H3,(H,30,31)/b25-20-. The number of anilines is 1. The van der Waals surface area contributed by atoms with E-state index in [-0.39, 0.29) is 12.2 Å². The molecule has 38 heavy (non-hydrogen) atoms. The molecule has 0 aliphatic rings. The van der Waals surface area contributed by atoms with E-state index in [1.807, 2.05) is 54.6 Å². The Labute approximate surface area is 226 Å². The van der Waals surface area contributed by atoms with Gasteiger partial charge in [0, 0.05) is 25.4 Å². The van der Waals surface area contributed by atoms with Gasteiger partial charge in [0.1, 0.15) is 5.54 Å². The normalized spacial score (nSPS) is 12.2. The molecule has 7 nitrogen and oxygen atoms in total. The minimum Gasteiger partial charge on any atom is -0.462 e. The molecule has 0 aliphatic carbocycles. The molecule has 0 amide bonds. The van der Waals surface area contributed by atoms with Gasteiger partial charge in [0.05, 0.1) is 17.9 Å². The number of hydrogen-bond acceptors (Lipinski definition) is 8. The van der Waals surface area contributed by atoms with Crippen LogP contribution in [0, 0.1) is 0 Å². The van der Waals surface area contributed by atoms with Gasteiger partial charge in [-0.3, -0.25) is 4.57 Å². The third-order valence-corrected chi connectivity index (χ3v) is 8.34. The average molecular weight is 549 g/mol. The second kappa shape index (κ2) is 12.3. The van der Waals surface area contributed by atoms with E-state index in [1.54, 1.807) is 12.3 Å². The van der Waals surface area contributed by atoms with Crippen LogP contribution in [0.2, 0.25) is 0 Å². The van der Waals surface area contributed by atoms with Gasteiger partial charge >= 0.3 is 13.6 Å². The van der Waals surface area contributed by atoms with Crippen molar-refractivity contribution < 1.29 is 23.1 Å². The van der Waals surface area contributed by atoms with E-state index in [1.165, 1.54) is 25.6 Å². The zero-order chi connectivity index (χ0) is 27.0. The molecular weight excluding hydrogens is 519 g/mol. The summed E-state index contributed by atoms with van der Waals surface area (Å²) in [5.41, 5.74) is 2.55. The SMILES string of the molecule is CCOC(=O)/C(=C\P(=O)(OC)OC)c1csc(NC(c2ccccc2)(c2ccccc2)c2ccccc2)n1. The summed E-state index contributed by atoms with van der Waals surface area (Å²) in [5.74, 6) is 0.488. The summed E-state index contributed by atoms with van der Waals surface area (Å²) in [6.07, 6.45) is 0. The smallest absolute Gasteiger partial charge is 0.354 e. The predicted molar refractivity (Wildman–Crippen MR) is 151 cm³/mol. The highest BCUT2D eigenvalue weighted by Gasteiger charge is 2.37. The maximum atomic E-state index is 12.9. The Morgan fingerprint density at radius 1 is 0.895 bits per heavy atom. The third-order valence-electron chi connectivity index (χ3n) is 5.99. The van der Waals surface area contributed by atoms with E-state index in [9.17, 15) is 9.36 Å². The summed E-state index contributed by atoms with van der Waals surface area (Å²) in [6, 6.07) is 30.3. The Hall–Kier alpha value is -3.55. The van der Waals surface area contributed by atoms with E-state index in [0.29, 0.717) is 10.8 Å². The minimum absolute atomic E-state index is 0.00733. The summed E-state index contributed by atoms with van der Waals surface area (Å²) < 4.78 is 28.2. The molecule has 1 aromatic heterocycles. The summed E-state index contributed by atoms with van der Waals surface area (Å²) in [7, 11) is -1.16. The lowest BCUT2D eigenvalue weighted by molar-refractivity contribution is -0.136. The average Bonchev–Trinajstić information content (AvgIpc) is 3.44. The fourth-order valence-electron chi connectivity index (χ4n) is 4.17. The highest BCUT2D eigenvalue weighted by atomic mass is 32.1. The first-order chi connectivity index (χ1) is 18.5. The molecular formula is C29H29N2O5PS. The number of esters is 1. The zero-order valence-electron chi connectivity index (χ0n) is 21.4. The molecule has 196 valence electrons. The lowest BCUT2D eigenvalue weighted by Gasteiger charge is -2.36. The van der Waals surface area contributed by atoms with Crippen LogP contribution >= 0.6 is 18.9 Å². The van der Waals surface area contributed by atoms with Crippen LogP contribution < -0.4 is 5.32 Å². The van der Waals surface area contributed by atoms with Crippen molar-refractivity contribution in [3.05, 3.63) is 125 Å². The van der Waals surface area contributed by atoms with E-state index >= 15 is 0 Å². The summed E-state index contributed by atoms with van der Waals surface area (Å²) in [6.45, 7) is 1.85. The first-order valence-electron chi connectivity index (χ1n) is 12.0. The minimum atomic E-state index is -3.67. The van der Waals surface area contributed by atoms with Crippen LogP contribution in [-0.4, -0.2) is 31.8 Å². The Bertz CT molecular complexity index is 1320. The number of hydrogen-bond donors (Lipinski definition) is 1. The van der Waals surface area contributed by atoms with Gasteiger partial charge in [-0.15, -0.1) is 11.3 Å². The van der Waals surface area contributed by atoms with Crippen molar-refractivity contribution in [1.82, 2.24) is 4.98 Å². The largest absolute Gasteiger partial charge is 0.462 e. The zero-order valence-corrected chi connectivity index (χ0v) is 23.1. The van der Waals surface area contributed by atoms with Crippen molar-refractivity contribution in [2.75, 3.05) is 26.1 Å². The van der Waals surface area contributed by atoms with Crippen molar-refractivity contribution in [1.29, 1.82) is 0 Å². The summed E-state index contributed by atoms with van der Waals surface area (Å²) in [5, 5.41) is 5.94. The van der Waals surface area contributed by atoms with E-state index in [4.69, 9.17) is 18.8 Å². The highest BCUT2D eigenvalue weighted by Crippen LogP contribution is 2.50. The van der Waals surface area contributed by atoms with Gasteiger partial charge < -0.3 is 19.1 Å². The molecule has 1 heterocycles. The second-order valence-corrected chi connectivity index (χ2v) is 11.1. The Kier molecular flexibility index (Phi) is 8.92. The molecule has 0 aliphatic heterocycles. The quantitative estimate of drug-likeness (QED) is 0.0941. The molecule has 0 fully saturated rings. The topological polar surface area (TPSA) is 86.8 Å². The maximum absolute atomic E-state index is 12.9. The first-order valence-corrected chi connectivity index (χ1v) is 14.5. The maximum Gasteiger partial charge on any atom is 0.354 e. The van der Waals surface area contributed by atoms with Gasteiger partial charge in [0.25, 0.3) is 0 Å². The molecule has 0 spiro atoms. The predicted octanol–water partition coefficient (Wildman–Crippen LogP) is 6.94. The van der Waals surface area contributed by atoms with Crippen LogP contribution in [0.4, 0.5) is 5.13 Å². The number of ether oxygens (including phenoxy) is 1. The van der Waals surface area contributed by atoms with E-state index in [2.05, 4.69) is 41.7 Å². The Morgan fingerprint density at radius 3 is 1.79 bits per heavy atom. The van der Waals surface area contributed by atoms with Crippen LogP contribution in [0.3, 0.4) is 0 Å². The first kappa shape index (κ1) is 27.5. The van der Waals surface area contributed by atoms with Gasteiger partial charge in [-0.2, -0.15) is 0 Å². The van der Waals surface area contributed by atoms with Crippen LogP contribution in [-0.2, 0) is 28.7 Å². The molecule has 0 saturated carbocycles. The number of nitrogens with zero attached hydrogens (tertiary/aromatic N) is 1. The molecule has 3 aromatic carbocycles. The third kappa shape index (κ3) is 5.79. The monoisotopic (exact) mass is 548 g/mol. The van der Waals surface area contributed by atoms with Gasteiger partial charge in [-0.25, -0.2) is 9.78 Å². The number of benzene rings is 3. The molecule has 9 heteroatoms. The fourth-order valence-corrected chi connectivity index (χ4v) is 5.85. The van der Waals surface area contributed by atoms with Crippen LogP contribution in [0.5, 0.6) is 0 Å². The Morgan fingerprint density at radius 2 is 1.37 bits per heavy atom. The number of thiazole rings is 1. The number of rotatable bonds is 11. The van der Waals surface area contributed by atoms with Crippen LogP contribution in [0.25, 0.3) is 5.57 Å². The molecule has 0 atom stereocenters. The van der Waals surface area contributed by atoms with Gasteiger partial charge in [0.2, 0.25) is 0 Å². The van der Waals surface area contributed by atoms with E-state index in [0.717, 1.165) is 22.5 Å². The fraction of sp³-hybridized carbons (Fsp3) is 0.172. The number of nitrogens with one attached hydrogen (secondary N) is 1. The van der Waals surface area contributed by atoms with Crippen molar-refractivity contribution in [2.24, 2.45) is 0 Å². The van der Waals surface area contributed by atoms with Crippen LogP contribution in [0.15, 0.2) is 102 Å². The second-order valence-electron chi connectivity index (χ2n) is 8.18. The van der Waals surface area contributed by atoms with Crippen molar-refractivity contribution in [2.45, 2.75) is 12.5 Å². The molecule has 0 bridgehead atoms. The van der Waals surface area contributed by atoms with Crippen molar-refractivity contribution >= 4 is 35.6 Å². The molecule has 1 N–H and O–H groups in total. The number of carbonyl (C=O) groups is 1. The lowest BCUT2D eigenvalue weighted by atomic mass is 9.77. The number of aromatic nitrogens is 1. The van der Waals surface area contributed by atoms with Gasteiger partial charge in [0.15, 0.2) is 5.13 Å². The van der Waals surface area contributed by atoms with E-state index < -0.39 is 19.1 Å².